The van der Waals surface area contributed by atoms with Crippen molar-refractivity contribution < 1.29 is 14.3 Å². The van der Waals surface area contributed by atoms with Crippen molar-refractivity contribution in [2.24, 2.45) is 0 Å². The van der Waals surface area contributed by atoms with E-state index in [2.05, 4.69) is 10.3 Å². The first kappa shape index (κ1) is 16.9. The highest BCUT2D eigenvalue weighted by molar-refractivity contribution is 7.14. The van der Waals surface area contributed by atoms with Crippen LogP contribution in [0.1, 0.15) is 5.56 Å². The first-order valence-corrected chi connectivity index (χ1v) is 9.33. The Hall–Kier alpha value is -2.57. The summed E-state index contributed by atoms with van der Waals surface area (Å²) in [5.74, 6) is 1.34. The van der Waals surface area contributed by atoms with Crippen LogP contribution in [0.5, 0.6) is 11.5 Å². The zero-order valence-electron chi connectivity index (χ0n) is 13.7. The molecule has 1 aliphatic rings. The van der Waals surface area contributed by atoms with Gasteiger partial charge in [0.1, 0.15) is 13.2 Å². The second-order valence-corrected chi connectivity index (χ2v) is 7.04. The molecule has 0 spiro atoms. The van der Waals surface area contributed by atoms with Gasteiger partial charge in [-0.3, -0.25) is 4.79 Å². The number of carbonyl (C=O) groups excluding carboxylic acids is 1. The molecule has 1 N–H and O–H groups in total. The summed E-state index contributed by atoms with van der Waals surface area (Å²) in [6, 6.07) is 12.9. The molecule has 132 valence electrons. The monoisotopic (exact) mass is 386 g/mol. The van der Waals surface area contributed by atoms with Gasteiger partial charge in [0.25, 0.3) is 0 Å². The fourth-order valence-corrected chi connectivity index (χ4v) is 3.48. The Kier molecular flexibility index (Phi) is 4.77. The van der Waals surface area contributed by atoms with Crippen LogP contribution in [0.25, 0.3) is 11.3 Å². The molecule has 26 heavy (non-hydrogen) atoms. The third-order valence-corrected chi connectivity index (χ3v) is 4.88. The highest BCUT2D eigenvalue weighted by Crippen LogP contribution is 2.35. The summed E-state index contributed by atoms with van der Waals surface area (Å²) in [6.07, 6.45) is 0.274. The van der Waals surface area contributed by atoms with Gasteiger partial charge in [-0.15, -0.1) is 11.3 Å². The number of amides is 1. The smallest absolute Gasteiger partial charge is 0.230 e. The number of hydrogen-bond acceptors (Lipinski definition) is 5. The Bertz CT molecular complexity index is 940. The maximum atomic E-state index is 12.2. The van der Waals surface area contributed by atoms with Crippen LogP contribution >= 0.6 is 22.9 Å². The van der Waals surface area contributed by atoms with Crippen molar-refractivity contribution >= 4 is 34.0 Å². The third-order valence-electron chi connectivity index (χ3n) is 3.87. The minimum absolute atomic E-state index is 0.115. The number of halogens is 1. The number of rotatable bonds is 4. The van der Waals surface area contributed by atoms with Crippen LogP contribution < -0.4 is 14.8 Å². The van der Waals surface area contributed by atoms with Gasteiger partial charge in [-0.05, 0) is 35.9 Å². The zero-order chi connectivity index (χ0) is 17.9. The largest absolute Gasteiger partial charge is 0.486 e. The molecule has 2 heterocycles. The fraction of sp³-hybridized carbons (Fsp3) is 0.158. The van der Waals surface area contributed by atoms with E-state index in [0.717, 1.165) is 28.3 Å². The number of nitrogens with one attached hydrogen (secondary N) is 1. The number of fused-ring (bicyclic) bond motifs is 1. The molecule has 0 radical (unpaired) electrons. The summed E-state index contributed by atoms with van der Waals surface area (Å²) in [7, 11) is 0. The standard InChI is InChI=1S/C19H15ClN2O3S/c20-14-4-1-12(2-5-14)9-18(23)22-19-21-15(11-26-19)13-3-6-16-17(10-13)25-8-7-24-16/h1-6,10-11H,7-9H2,(H,21,22,23). The van der Waals surface area contributed by atoms with E-state index in [0.29, 0.717) is 23.4 Å². The van der Waals surface area contributed by atoms with Crippen LogP contribution in [-0.2, 0) is 11.2 Å². The fourth-order valence-electron chi connectivity index (χ4n) is 2.62. The van der Waals surface area contributed by atoms with Gasteiger partial charge in [-0.1, -0.05) is 23.7 Å². The van der Waals surface area contributed by atoms with E-state index in [-0.39, 0.29) is 12.3 Å². The van der Waals surface area contributed by atoms with Crippen LogP contribution in [0.3, 0.4) is 0 Å². The lowest BCUT2D eigenvalue weighted by atomic mass is 10.1. The average Bonchev–Trinajstić information content (AvgIpc) is 3.11. The Labute approximate surface area is 159 Å². The highest BCUT2D eigenvalue weighted by Gasteiger charge is 2.14. The molecule has 0 fully saturated rings. The lowest BCUT2D eigenvalue weighted by Crippen LogP contribution is -2.15. The van der Waals surface area contributed by atoms with Crippen LogP contribution in [0.2, 0.25) is 5.02 Å². The number of aromatic nitrogens is 1. The van der Waals surface area contributed by atoms with E-state index in [9.17, 15) is 4.79 Å². The normalized spacial score (nSPS) is 12.7. The maximum Gasteiger partial charge on any atom is 0.230 e. The summed E-state index contributed by atoms with van der Waals surface area (Å²) in [5.41, 5.74) is 2.60. The first-order chi connectivity index (χ1) is 12.7. The molecule has 0 unspecified atom stereocenters. The van der Waals surface area contributed by atoms with E-state index >= 15 is 0 Å². The molecular weight excluding hydrogens is 372 g/mol. The van der Waals surface area contributed by atoms with E-state index < -0.39 is 0 Å². The summed E-state index contributed by atoms with van der Waals surface area (Å²) in [6.45, 7) is 1.10. The van der Waals surface area contributed by atoms with Crippen LogP contribution in [0.15, 0.2) is 47.8 Å². The van der Waals surface area contributed by atoms with Gasteiger partial charge in [0.15, 0.2) is 16.6 Å². The Balaban J connectivity index is 1.44. The number of nitrogens with zero attached hydrogens (tertiary/aromatic N) is 1. The van der Waals surface area contributed by atoms with Gasteiger partial charge in [-0.2, -0.15) is 0 Å². The molecule has 0 atom stereocenters. The van der Waals surface area contributed by atoms with Crippen LogP contribution in [-0.4, -0.2) is 24.1 Å². The molecule has 0 bridgehead atoms. The zero-order valence-corrected chi connectivity index (χ0v) is 15.3. The lowest BCUT2D eigenvalue weighted by Gasteiger charge is -2.18. The quantitative estimate of drug-likeness (QED) is 0.721. The molecule has 0 aliphatic carbocycles. The maximum absolute atomic E-state index is 12.2. The van der Waals surface area contributed by atoms with Crippen molar-refractivity contribution in [1.29, 1.82) is 0 Å². The van der Waals surface area contributed by atoms with Gasteiger partial charge in [0, 0.05) is 16.0 Å². The first-order valence-electron chi connectivity index (χ1n) is 8.07. The average molecular weight is 387 g/mol. The molecule has 2 aromatic carbocycles. The van der Waals surface area contributed by atoms with E-state index in [1.807, 2.05) is 35.7 Å². The summed E-state index contributed by atoms with van der Waals surface area (Å²) in [5, 5.41) is 5.96. The molecule has 7 heteroatoms. The molecule has 0 saturated heterocycles. The van der Waals surface area contributed by atoms with Gasteiger partial charge in [-0.25, -0.2) is 4.98 Å². The summed E-state index contributed by atoms with van der Waals surface area (Å²) in [4.78, 5) is 16.7. The molecule has 0 saturated carbocycles. The summed E-state index contributed by atoms with van der Waals surface area (Å²) < 4.78 is 11.1. The van der Waals surface area contributed by atoms with Gasteiger partial charge in [0.05, 0.1) is 12.1 Å². The van der Waals surface area contributed by atoms with Crippen molar-refractivity contribution in [3.8, 4) is 22.8 Å². The number of carbonyl (C=O) groups is 1. The summed E-state index contributed by atoms with van der Waals surface area (Å²) >= 11 is 7.24. The molecular formula is C19H15ClN2O3S. The van der Waals surface area contributed by atoms with E-state index in [1.54, 1.807) is 12.1 Å². The minimum Gasteiger partial charge on any atom is -0.486 e. The number of ether oxygens (including phenoxy) is 2. The predicted molar refractivity (Wildman–Crippen MR) is 102 cm³/mol. The molecule has 5 nitrogen and oxygen atoms in total. The van der Waals surface area contributed by atoms with Crippen LogP contribution in [0.4, 0.5) is 5.13 Å². The Morgan fingerprint density at radius 1 is 1.12 bits per heavy atom. The van der Waals surface area contributed by atoms with E-state index in [4.69, 9.17) is 21.1 Å². The Morgan fingerprint density at radius 3 is 2.69 bits per heavy atom. The number of hydrogen-bond donors (Lipinski definition) is 1. The van der Waals surface area contributed by atoms with Crippen molar-refractivity contribution in [2.45, 2.75) is 6.42 Å². The molecule has 1 aromatic heterocycles. The van der Waals surface area contributed by atoms with Crippen LogP contribution in [0, 0.1) is 0 Å². The Morgan fingerprint density at radius 2 is 1.88 bits per heavy atom. The SMILES string of the molecule is O=C(Cc1ccc(Cl)cc1)Nc1nc(-c2ccc3c(c2)OCCO3)cs1. The topological polar surface area (TPSA) is 60.5 Å². The molecule has 4 rings (SSSR count). The van der Waals surface area contributed by atoms with Gasteiger partial charge in [0.2, 0.25) is 5.91 Å². The van der Waals surface area contributed by atoms with Crippen molar-refractivity contribution in [3.05, 3.63) is 58.4 Å². The number of anilines is 1. The second kappa shape index (κ2) is 7.35. The molecule has 1 amide bonds. The van der Waals surface area contributed by atoms with Gasteiger partial charge < -0.3 is 14.8 Å². The van der Waals surface area contributed by atoms with Crippen molar-refractivity contribution in [3.63, 3.8) is 0 Å². The predicted octanol–water partition coefficient (Wildman–Crippen LogP) is 4.42. The van der Waals surface area contributed by atoms with Crippen molar-refractivity contribution in [2.75, 3.05) is 18.5 Å². The molecule has 3 aromatic rings. The molecule has 1 aliphatic heterocycles. The minimum atomic E-state index is -0.115. The number of thiazole rings is 1. The van der Waals surface area contributed by atoms with E-state index in [1.165, 1.54) is 11.3 Å². The van der Waals surface area contributed by atoms with Gasteiger partial charge >= 0.3 is 0 Å². The highest BCUT2D eigenvalue weighted by atomic mass is 35.5. The lowest BCUT2D eigenvalue weighted by molar-refractivity contribution is -0.115. The second-order valence-electron chi connectivity index (χ2n) is 5.75. The number of benzene rings is 2. The third kappa shape index (κ3) is 3.81. The van der Waals surface area contributed by atoms with Crippen molar-refractivity contribution in [1.82, 2.24) is 4.98 Å².